The maximum atomic E-state index is 12.5. The molecule has 1 nitrogen and oxygen atoms in total. The van der Waals surface area contributed by atoms with Gasteiger partial charge in [0.25, 0.3) is 0 Å². The first-order valence-corrected chi connectivity index (χ1v) is 5.00. The van der Waals surface area contributed by atoms with Crippen molar-refractivity contribution in [2.24, 2.45) is 0 Å². The highest BCUT2D eigenvalue weighted by Crippen LogP contribution is 2.48. The van der Waals surface area contributed by atoms with E-state index in [9.17, 15) is 18.0 Å². The summed E-state index contributed by atoms with van der Waals surface area (Å²) in [6, 6.07) is 1.37. The topological polar surface area (TPSA) is 17.1 Å². The summed E-state index contributed by atoms with van der Waals surface area (Å²) >= 11 is 0.542. The molecule has 1 aliphatic rings. The Bertz CT molecular complexity index is 363. The van der Waals surface area contributed by atoms with Crippen LogP contribution in [0.5, 0.6) is 0 Å². The smallest absolute Gasteiger partial charge is 0.297 e. The van der Waals surface area contributed by atoms with E-state index < -0.39 is 11.1 Å². The third-order valence-corrected chi connectivity index (χ3v) is 3.29. The van der Waals surface area contributed by atoms with Crippen molar-refractivity contribution in [2.75, 3.05) is 0 Å². The van der Waals surface area contributed by atoms with Crippen molar-refractivity contribution in [2.45, 2.75) is 24.9 Å². The minimum Gasteiger partial charge on any atom is -0.297 e. The molecule has 1 aliphatic carbocycles. The van der Waals surface area contributed by atoms with Gasteiger partial charge in [0.1, 0.15) is 4.88 Å². The van der Waals surface area contributed by atoms with E-state index in [0.29, 0.717) is 23.2 Å². The van der Waals surface area contributed by atoms with E-state index in [1.807, 2.05) is 0 Å². The van der Waals surface area contributed by atoms with Gasteiger partial charge in [-0.05, 0) is 30.4 Å². The number of carbonyl (C=O) groups excluding carboxylic acids is 1. The van der Waals surface area contributed by atoms with Crippen molar-refractivity contribution in [1.82, 2.24) is 0 Å². The highest BCUT2D eigenvalue weighted by Gasteiger charge is 2.40. The Kier molecular flexibility index (Phi) is 2.14. The first-order valence-electron chi connectivity index (χ1n) is 4.18. The second-order valence-corrected chi connectivity index (χ2v) is 4.41. The molecule has 2 rings (SSSR count). The van der Waals surface area contributed by atoms with Gasteiger partial charge in [-0.15, -0.1) is 11.3 Å². The summed E-state index contributed by atoms with van der Waals surface area (Å²) in [7, 11) is 0. The predicted octanol–water partition coefficient (Wildman–Crippen LogP) is 3.46. The highest BCUT2D eigenvalue weighted by molar-refractivity contribution is 7.13. The van der Waals surface area contributed by atoms with Crippen LogP contribution >= 0.6 is 11.3 Å². The largest absolute Gasteiger partial charge is 0.425 e. The van der Waals surface area contributed by atoms with Crippen LogP contribution in [0.15, 0.2) is 6.07 Å². The van der Waals surface area contributed by atoms with Crippen LogP contribution in [0.4, 0.5) is 13.2 Å². The van der Waals surface area contributed by atoms with Crippen LogP contribution in [0.25, 0.3) is 0 Å². The number of thiophene rings is 1. The predicted molar refractivity (Wildman–Crippen MR) is 46.7 cm³/mol. The Morgan fingerprint density at radius 2 is 2.07 bits per heavy atom. The summed E-state index contributed by atoms with van der Waals surface area (Å²) in [4.78, 5) is 9.96. The number of alkyl halides is 3. The summed E-state index contributed by atoms with van der Waals surface area (Å²) in [5, 5.41) is 0. The van der Waals surface area contributed by atoms with E-state index in [-0.39, 0.29) is 10.8 Å². The Morgan fingerprint density at radius 3 is 2.50 bits per heavy atom. The average molecular weight is 220 g/mol. The SMILES string of the molecule is O=Cc1cc(C2CC2)c(C(F)(F)F)s1. The number of hydrogen-bond acceptors (Lipinski definition) is 2. The van der Waals surface area contributed by atoms with Crippen LogP contribution in [0.3, 0.4) is 0 Å². The van der Waals surface area contributed by atoms with Crippen LogP contribution in [0.2, 0.25) is 0 Å². The van der Waals surface area contributed by atoms with Crippen LogP contribution in [-0.2, 0) is 6.18 Å². The van der Waals surface area contributed by atoms with E-state index in [1.54, 1.807) is 0 Å². The summed E-state index contributed by atoms with van der Waals surface area (Å²) < 4.78 is 37.4. The van der Waals surface area contributed by atoms with Crippen LogP contribution in [0.1, 0.15) is 38.9 Å². The third kappa shape index (κ3) is 1.68. The molecule has 1 heterocycles. The second kappa shape index (κ2) is 3.08. The molecule has 0 aromatic carbocycles. The van der Waals surface area contributed by atoms with Gasteiger partial charge in [-0.2, -0.15) is 13.2 Å². The molecule has 5 heteroatoms. The van der Waals surface area contributed by atoms with Gasteiger partial charge in [-0.1, -0.05) is 0 Å². The number of carbonyl (C=O) groups is 1. The molecule has 0 spiro atoms. The fourth-order valence-electron chi connectivity index (χ4n) is 1.40. The molecule has 1 fully saturated rings. The summed E-state index contributed by atoms with van der Waals surface area (Å²) in [5.41, 5.74) is 0.310. The van der Waals surface area contributed by atoms with Gasteiger partial charge in [0.2, 0.25) is 0 Å². The lowest BCUT2D eigenvalue weighted by atomic mass is 10.1. The molecule has 76 valence electrons. The van der Waals surface area contributed by atoms with Crippen LogP contribution < -0.4 is 0 Å². The van der Waals surface area contributed by atoms with Crippen molar-refractivity contribution in [3.63, 3.8) is 0 Å². The van der Waals surface area contributed by atoms with Crippen molar-refractivity contribution >= 4 is 17.6 Å². The maximum absolute atomic E-state index is 12.5. The zero-order valence-corrected chi connectivity index (χ0v) is 7.91. The molecule has 0 aliphatic heterocycles. The van der Waals surface area contributed by atoms with E-state index >= 15 is 0 Å². The molecule has 0 saturated heterocycles. The fraction of sp³-hybridized carbons (Fsp3) is 0.444. The summed E-state index contributed by atoms with van der Waals surface area (Å²) in [6.07, 6.45) is -2.23. The Hall–Kier alpha value is -0.840. The zero-order valence-electron chi connectivity index (χ0n) is 7.10. The average Bonchev–Trinajstić information content (AvgIpc) is 2.83. The van der Waals surface area contributed by atoms with E-state index in [2.05, 4.69) is 0 Å². The quantitative estimate of drug-likeness (QED) is 0.697. The number of halogens is 3. The van der Waals surface area contributed by atoms with Crippen LogP contribution in [-0.4, -0.2) is 6.29 Å². The molecule has 1 saturated carbocycles. The lowest BCUT2D eigenvalue weighted by molar-refractivity contribution is -0.134. The number of hydrogen-bond donors (Lipinski definition) is 0. The maximum Gasteiger partial charge on any atom is 0.425 e. The van der Waals surface area contributed by atoms with Gasteiger partial charge in [0.05, 0.1) is 4.88 Å². The zero-order chi connectivity index (χ0) is 10.3. The summed E-state index contributed by atoms with van der Waals surface area (Å²) in [5.74, 6) is 0.0246. The van der Waals surface area contributed by atoms with Crippen molar-refractivity contribution in [1.29, 1.82) is 0 Å². The normalized spacial score (nSPS) is 17.1. The monoisotopic (exact) mass is 220 g/mol. The molecule has 0 atom stereocenters. The van der Waals surface area contributed by atoms with E-state index in [4.69, 9.17) is 0 Å². The molecule has 0 unspecified atom stereocenters. The van der Waals surface area contributed by atoms with Gasteiger partial charge in [0.15, 0.2) is 6.29 Å². The second-order valence-electron chi connectivity index (χ2n) is 3.32. The Morgan fingerprint density at radius 1 is 1.43 bits per heavy atom. The molecule has 1 aromatic heterocycles. The number of rotatable bonds is 2. The van der Waals surface area contributed by atoms with Gasteiger partial charge < -0.3 is 0 Å². The molecule has 1 aromatic rings. The van der Waals surface area contributed by atoms with Gasteiger partial charge in [0, 0.05) is 0 Å². The van der Waals surface area contributed by atoms with Crippen molar-refractivity contribution in [3.8, 4) is 0 Å². The Balaban J connectivity index is 2.45. The minimum atomic E-state index is -4.32. The third-order valence-electron chi connectivity index (χ3n) is 2.17. The molecule has 0 N–H and O–H groups in total. The first-order chi connectivity index (χ1) is 6.52. The van der Waals surface area contributed by atoms with Gasteiger partial charge in [-0.3, -0.25) is 4.79 Å². The summed E-state index contributed by atoms with van der Waals surface area (Å²) in [6.45, 7) is 0. The first kappa shape index (κ1) is 9.71. The van der Waals surface area contributed by atoms with Crippen LogP contribution in [0, 0.1) is 0 Å². The Labute approximate surface area is 82.5 Å². The van der Waals surface area contributed by atoms with Gasteiger partial charge >= 0.3 is 6.18 Å². The fourth-order valence-corrected chi connectivity index (χ4v) is 2.33. The van der Waals surface area contributed by atoms with E-state index in [0.717, 1.165) is 12.8 Å². The van der Waals surface area contributed by atoms with Crippen molar-refractivity contribution < 1.29 is 18.0 Å². The molecule has 0 amide bonds. The van der Waals surface area contributed by atoms with Gasteiger partial charge in [-0.25, -0.2) is 0 Å². The molecule has 0 bridgehead atoms. The minimum absolute atomic E-state index is 0.0246. The molecular weight excluding hydrogens is 213 g/mol. The highest BCUT2D eigenvalue weighted by atomic mass is 32.1. The molecular formula is C9H7F3OS. The van der Waals surface area contributed by atoms with Crippen molar-refractivity contribution in [3.05, 3.63) is 21.4 Å². The lowest BCUT2D eigenvalue weighted by Crippen LogP contribution is -2.04. The molecule has 14 heavy (non-hydrogen) atoms. The lowest BCUT2D eigenvalue weighted by Gasteiger charge is -2.05. The number of aldehydes is 1. The standard InChI is InChI=1S/C9H7F3OS/c10-9(11,12)8-7(5-1-2-5)3-6(4-13)14-8/h3-5H,1-2H2. The van der Waals surface area contributed by atoms with E-state index in [1.165, 1.54) is 6.07 Å². The molecule has 0 radical (unpaired) electrons.